The number of nitrogens with one attached hydrogen (secondary N) is 1. The van der Waals surface area contributed by atoms with Crippen LogP contribution >= 0.6 is 11.8 Å². The molecule has 1 heterocycles. The average molecular weight is 268 g/mol. The third-order valence-electron chi connectivity index (χ3n) is 2.80. The Bertz CT molecular complexity index is 421. The Morgan fingerprint density at radius 2 is 2.22 bits per heavy atom. The molecule has 0 aliphatic rings. The molecule has 100 valence electrons. The van der Waals surface area contributed by atoms with Crippen LogP contribution in [-0.4, -0.2) is 16.7 Å². The smallest absolute Gasteiger partial charge is 0.252 e. The number of carbonyl (C=O) groups excluding carboxylic acids is 1. The van der Waals surface area contributed by atoms with Gasteiger partial charge in [0.2, 0.25) is 5.91 Å². The molecule has 1 rings (SSSR count). The number of rotatable bonds is 5. The van der Waals surface area contributed by atoms with Crippen LogP contribution in [0, 0.1) is 5.21 Å². The fraction of sp³-hybridized carbons (Fsp3) is 0.538. The standard InChI is InChI=1S/C13H20N2O2S/c1-5-13(3,4)14-12(16)10(2)18-11-8-6-7-9-15(11)17/h6-10H,5H2,1-4H3,(H,14,16). The summed E-state index contributed by atoms with van der Waals surface area (Å²) in [5, 5.41) is 14.7. The van der Waals surface area contributed by atoms with Crippen LogP contribution in [0.3, 0.4) is 0 Å². The Hall–Kier alpha value is -1.23. The van der Waals surface area contributed by atoms with Gasteiger partial charge in [-0.3, -0.25) is 4.79 Å². The molecular formula is C13H20N2O2S. The first kappa shape index (κ1) is 14.8. The molecule has 0 aromatic carbocycles. The first-order valence-electron chi connectivity index (χ1n) is 6.02. The molecule has 0 radical (unpaired) electrons. The van der Waals surface area contributed by atoms with Gasteiger partial charge in [0, 0.05) is 17.7 Å². The molecule has 0 aliphatic carbocycles. The number of hydrogen-bond acceptors (Lipinski definition) is 3. The van der Waals surface area contributed by atoms with Crippen molar-refractivity contribution in [3.05, 3.63) is 29.6 Å². The fourth-order valence-corrected chi connectivity index (χ4v) is 2.11. The normalized spacial score (nSPS) is 13.1. The molecular weight excluding hydrogens is 248 g/mol. The van der Waals surface area contributed by atoms with Crippen molar-refractivity contribution in [3.8, 4) is 0 Å². The quantitative estimate of drug-likeness (QED) is 0.505. The van der Waals surface area contributed by atoms with Gasteiger partial charge in [-0.15, -0.1) is 0 Å². The van der Waals surface area contributed by atoms with Crippen molar-refractivity contribution in [3.63, 3.8) is 0 Å². The molecule has 5 heteroatoms. The maximum absolute atomic E-state index is 12.0. The molecule has 4 nitrogen and oxygen atoms in total. The molecule has 1 N–H and O–H groups in total. The largest absolute Gasteiger partial charge is 0.618 e. The Kier molecular flexibility index (Phi) is 5.02. The summed E-state index contributed by atoms with van der Waals surface area (Å²) in [5.74, 6) is -0.0456. The summed E-state index contributed by atoms with van der Waals surface area (Å²) in [5.41, 5.74) is -0.212. The second kappa shape index (κ2) is 6.09. The van der Waals surface area contributed by atoms with Gasteiger partial charge in [0.15, 0.2) is 6.20 Å². The lowest BCUT2D eigenvalue weighted by Gasteiger charge is -2.26. The second-order valence-electron chi connectivity index (χ2n) is 4.85. The highest BCUT2D eigenvalue weighted by Crippen LogP contribution is 2.20. The van der Waals surface area contributed by atoms with Crippen molar-refractivity contribution in [1.82, 2.24) is 5.32 Å². The van der Waals surface area contributed by atoms with E-state index < -0.39 is 0 Å². The minimum absolute atomic E-state index is 0.0456. The van der Waals surface area contributed by atoms with E-state index in [0.717, 1.165) is 11.2 Å². The number of nitrogens with zero attached hydrogens (tertiary/aromatic N) is 1. The van der Waals surface area contributed by atoms with E-state index in [-0.39, 0.29) is 16.7 Å². The van der Waals surface area contributed by atoms with Crippen LogP contribution in [0.5, 0.6) is 0 Å². The first-order valence-corrected chi connectivity index (χ1v) is 6.90. The van der Waals surface area contributed by atoms with E-state index in [1.165, 1.54) is 18.0 Å². The van der Waals surface area contributed by atoms with E-state index in [2.05, 4.69) is 5.32 Å². The molecule has 1 atom stereocenters. The van der Waals surface area contributed by atoms with Crippen molar-refractivity contribution in [1.29, 1.82) is 0 Å². The number of hydrogen-bond donors (Lipinski definition) is 1. The molecule has 0 spiro atoms. The molecule has 1 amide bonds. The number of aromatic nitrogens is 1. The topological polar surface area (TPSA) is 56.0 Å². The van der Waals surface area contributed by atoms with Gasteiger partial charge in [-0.2, -0.15) is 4.73 Å². The summed E-state index contributed by atoms with van der Waals surface area (Å²) in [6.07, 6.45) is 2.30. The third-order valence-corrected chi connectivity index (χ3v) is 3.93. The Labute approximate surface area is 112 Å². The predicted octanol–water partition coefficient (Wildman–Crippen LogP) is 2.11. The number of thioether (sulfide) groups is 1. The van der Waals surface area contributed by atoms with Gasteiger partial charge >= 0.3 is 0 Å². The van der Waals surface area contributed by atoms with Crippen molar-refractivity contribution >= 4 is 17.7 Å². The summed E-state index contributed by atoms with van der Waals surface area (Å²) >= 11 is 1.27. The summed E-state index contributed by atoms with van der Waals surface area (Å²) in [4.78, 5) is 12.0. The summed E-state index contributed by atoms with van der Waals surface area (Å²) in [6, 6.07) is 5.17. The van der Waals surface area contributed by atoms with Gasteiger partial charge in [0.1, 0.15) is 0 Å². The lowest BCUT2D eigenvalue weighted by atomic mass is 10.0. The molecule has 0 aliphatic heterocycles. The lowest BCUT2D eigenvalue weighted by molar-refractivity contribution is -0.645. The van der Waals surface area contributed by atoms with E-state index in [4.69, 9.17) is 0 Å². The third kappa shape index (κ3) is 4.22. The zero-order valence-electron chi connectivity index (χ0n) is 11.3. The number of pyridine rings is 1. The minimum atomic E-state index is -0.293. The lowest BCUT2D eigenvalue weighted by Crippen LogP contribution is -2.46. The van der Waals surface area contributed by atoms with Crippen molar-refractivity contribution in [2.45, 2.75) is 49.9 Å². The van der Waals surface area contributed by atoms with E-state index in [1.54, 1.807) is 25.1 Å². The van der Waals surface area contributed by atoms with Crippen LogP contribution in [0.15, 0.2) is 29.4 Å². The Balaban J connectivity index is 2.63. The summed E-state index contributed by atoms with van der Waals surface area (Å²) < 4.78 is 0.777. The maximum atomic E-state index is 12.0. The molecule has 0 bridgehead atoms. The SMILES string of the molecule is CCC(C)(C)NC(=O)C(C)Sc1cccc[n+]1[O-]. The van der Waals surface area contributed by atoms with E-state index in [9.17, 15) is 10.0 Å². The fourth-order valence-electron chi connectivity index (χ4n) is 1.26. The molecule has 0 fully saturated rings. The van der Waals surface area contributed by atoms with E-state index in [0.29, 0.717) is 5.03 Å². The van der Waals surface area contributed by atoms with Gasteiger partial charge in [-0.25, -0.2) is 0 Å². The van der Waals surface area contributed by atoms with E-state index >= 15 is 0 Å². The molecule has 0 saturated carbocycles. The van der Waals surface area contributed by atoms with Crippen LogP contribution in [0.4, 0.5) is 0 Å². The molecule has 1 unspecified atom stereocenters. The first-order chi connectivity index (χ1) is 8.35. The number of carbonyl (C=O) groups is 1. The van der Waals surface area contributed by atoms with Gasteiger partial charge < -0.3 is 10.5 Å². The highest BCUT2D eigenvalue weighted by atomic mass is 32.2. The van der Waals surface area contributed by atoms with Crippen LogP contribution in [-0.2, 0) is 4.79 Å². The van der Waals surface area contributed by atoms with Crippen molar-refractivity contribution < 1.29 is 9.52 Å². The van der Waals surface area contributed by atoms with Crippen LogP contribution in [0.1, 0.15) is 34.1 Å². The van der Waals surface area contributed by atoms with Gasteiger partial charge in [-0.1, -0.05) is 6.92 Å². The maximum Gasteiger partial charge on any atom is 0.252 e. The van der Waals surface area contributed by atoms with Crippen LogP contribution in [0.25, 0.3) is 0 Å². The minimum Gasteiger partial charge on any atom is -0.618 e. The van der Waals surface area contributed by atoms with Crippen LogP contribution in [0.2, 0.25) is 0 Å². The van der Waals surface area contributed by atoms with Gasteiger partial charge in [0.25, 0.3) is 5.03 Å². The zero-order chi connectivity index (χ0) is 13.8. The van der Waals surface area contributed by atoms with Crippen molar-refractivity contribution in [2.75, 3.05) is 0 Å². The van der Waals surface area contributed by atoms with Gasteiger partial charge in [0.05, 0.1) is 5.25 Å². The van der Waals surface area contributed by atoms with Crippen molar-refractivity contribution in [2.24, 2.45) is 0 Å². The zero-order valence-corrected chi connectivity index (χ0v) is 12.1. The molecule has 1 aromatic heterocycles. The number of amides is 1. The second-order valence-corrected chi connectivity index (χ2v) is 6.21. The van der Waals surface area contributed by atoms with Crippen LogP contribution < -0.4 is 10.0 Å². The highest BCUT2D eigenvalue weighted by molar-refractivity contribution is 8.00. The average Bonchev–Trinajstić information content (AvgIpc) is 2.31. The summed E-state index contributed by atoms with van der Waals surface area (Å²) in [6.45, 7) is 7.80. The monoisotopic (exact) mass is 268 g/mol. The molecule has 1 aromatic rings. The predicted molar refractivity (Wildman–Crippen MR) is 73.2 cm³/mol. The van der Waals surface area contributed by atoms with E-state index in [1.807, 2.05) is 20.8 Å². The molecule has 18 heavy (non-hydrogen) atoms. The van der Waals surface area contributed by atoms with Gasteiger partial charge in [-0.05, 0) is 45.0 Å². The molecule has 0 saturated heterocycles. The Morgan fingerprint density at radius 1 is 1.56 bits per heavy atom. The highest BCUT2D eigenvalue weighted by Gasteiger charge is 2.24. The summed E-state index contributed by atoms with van der Waals surface area (Å²) in [7, 11) is 0. The Morgan fingerprint density at radius 3 is 2.78 bits per heavy atom.